The van der Waals surface area contributed by atoms with Crippen LogP contribution in [0.15, 0.2) is 70.8 Å². The zero-order valence-electron chi connectivity index (χ0n) is 22.3. The first-order valence-electron chi connectivity index (χ1n) is 12.8. The number of alkyl halides is 3. The fourth-order valence-corrected chi connectivity index (χ4v) is 6.73. The van der Waals surface area contributed by atoms with E-state index < -0.39 is 45.8 Å². The molecule has 40 heavy (non-hydrogen) atoms. The highest BCUT2D eigenvalue weighted by molar-refractivity contribution is 7.89. The van der Waals surface area contributed by atoms with Crippen molar-refractivity contribution in [3.8, 4) is 0 Å². The van der Waals surface area contributed by atoms with E-state index in [-0.39, 0.29) is 54.5 Å². The predicted octanol–water partition coefficient (Wildman–Crippen LogP) is 3.61. The number of carbonyl (C=O) groups excluding carboxylic acids is 2. The number of halogens is 3. The van der Waals surface area contributed by atoms with Gasteiger partial charge in [-0.15, -0.1) is 0 Å². The van der Waals surface area contributed by atoms with Crippen LogP contribution in [0.25, 0.3) is 0 Å². The first kappa shape index (κ1) is 29.6. The van der Waals surface area contributed by atoms with Crippen LogP contribution in [0.1, 0.15) is 31.0 Å². The highest BCUT2D eigenvalue weighted by atomic mass is 32.2. The summed E-state index contributed by atoms with van der Waals surface area (Å²) in [5.74, 6) is -0.843. The maximum Gasteiger partial charge on any atom is 0.416 e. The topological polar surface area (TPSA) is 99.3 Å². The van der Waals surface area contributed by atoms with Gasteiger partial charge in [0.2, 0.25) is 10.0 Å². The average Bonchev–Trinajstić information content (AvgIpc) is 2.91. The number of sulfonamides is 1. The number of hydrogen-bond donors (Lipinski definition) is 1. The van der Waals surface area contributed by atoms with Gasteiger partial charge in [-0.2, -0.15) is 17.5 Å². The van der Waals surface area contributed by atoms with Gasteiger partial charge in [-0.05, 0) is 37.6 Å². The van der Waals surface area contributed by atoms with Gasteiger partial charge in [0, 0.05) is 45.0 Å². The maximum absolute atomic E-state index is 13.9. The molecular formula is C27H31F3N4O5S. The molecule has 2 unspecified atom stereocenters. The molecule has 0 radical (unpaired) electrons. The number of rotatable bonds is 7. The quantitative estimate of drug-likeness (QED) is 0.503. The molecule has 1 N–H and O–H groups in total. The molecular weight excluding hydrogens is 549 g/mol. The van der Waals surface area contributed by atoms with Crippen molar-refractivity contribution in [2.45, 2.75) is 37.0 Å². The van der Waals surface area contributed by atoms with Gasteiger partial charge in [0.05, 0.1) is 28.7 Å². The maximum atomic E-state index is 13.9. The summed E-state index contributed by atoms with van der Waals surface area (Å²) in [4.78, 5) is 29.4. The molecule has 1 fully saturated rings. The molecule has 4 rings (SSSR count). The minimum Gasteiger partial charge on any atom is -0.463 e. The van der Waals surface area contributed by atoms with Crippen LogP contribution in [0.5, 0.6) is 0 Å². The van der Waals surface area contributed by atoms with Crippen LogP contribution < -0.4 is 5.32 Å². The summed E-state index contributed by atoms with van der Waals surface area (Å²) < 4.78 is 74.7. The van der Waals surface area contributed by atoms with Crippen molar-refractivity contribution >= 4 is 22.0 Å². The highest BCUT2D eigenvalue weighted by Gasteiger charge is 2.43. The van der Waals surface area contributed by atoms with Crippen LogP contribution >= 0.6 is 0 Å². The molecule has 216 valence electrons. The summed E-state index contributed by atoms with van der Waals surface area (Å²) in [6, 6.07) is 10.3. The normalized spacial score (nSPS) is 21.4. The Hall–Kier alpha value is -3.42. The van der Waals surface area contributed by atoms with Crippen molar-refractivity contribution in [2.75, 3.05) is 39.8 Å². The summed E-state index contributed by atoms with van der Waals surface area (Å²) in [6.45, 7) is 4.03. The lowest BCUT2D eigenvalue weighted by Crippen LogP contribution is -2.56. The second-order valence-corrected chi connectivity index (χ2v) is 11.5. The number of ether oxygens (including phenoxy) is 1. The lowest BCUT2D eigenvalue weighted by molar-refractivity contribution is -0.141. The van der Waals surface area contributed by atoms with E-state index >= 15 is 0 Å². The van der Waals surface area contributed by atoms with E-state index in [0.29, 0.717) is 0 Å². The molecule has 2 aromatic rings. The minimum atomic E-state index is -4.72. The molecule has 2 aromatic carbocycles. The van der Waals surface area contributed by atoms with E-state index in [1.807, 2.05) is 4.90 Å². The van der Waals surface area contributed by atoms with E-state index in [1.54, 1.807) is 32.0 Å². The Morgan fingerprint density at radius 3 is 2.35 bits per heavy atom. The fourth-order valence-electron chi connectivity index (χ4n) is 5.09. The molecule has 2 heterocycles. The summed E-state index contributed by atoms with van der Waals surface area (Å²) in [6.07, 6.45) is -4.72. The Bertz CT molecular complexity index is 1400. The van der Waals surface area contributed by atoms with Crippen LogP contribution in [-0.2, 0) is 25.7 Å². The van der Waals surface area contributed by atoms with Gasteiger partial charge in [0.15, 0.2) is 0 Å². The summed E-state index contributed by atoms with van der Waals surface area (Å²) >= 11 is 0. The van der Waals surface area contributed by atoms with Crippen LogP contribution in [0.4, 0.5) is 18.0 Å². The molecule has 13 heteroatoms. The second kappa shape index (κ2) is 11.6. The first-order valence-corrected chi connectivity index (χ1v) is 14.2. The standard InChI is InChI=1S/C27H31F3N4O5S/c1-4-39-25(35)23-22(32(3)26(36)31-24(23)20-12-8-9-13-21(20)27(28,29)30)17-33-14-15-34(18(2)16-33)40(37,38)19-10-6-5-7-11-19/h5-13,18,24H,4,14-17H2,1-3H3,(H,31,36). The van der Waals surface area contributed by atoms with Crippen molar-refractivity contribution in [2.24, 2.45) is 0 Å². The Kier molecular flexibility index (Phi) is 8.57. The molecule has 1 saturated heterocycles. The van der Waals surface area contributed by atoms with Crippen LogP contribution in [0.3, 0.4) is 0 Å². The Balaban J connectivity index is 1.69. The number of urea groups is 1. The SMILES string of the molecule is CCOC(=O)C1=C(CN2CCN(S(=O)(=O)c3ccccc3)C(C)C2)N(C)C(=O)NC1c1ccccc1C(F)(F)F. The minimum absolute atomic E-state index is 0.0199. The third kappa shape index (κ3) is 5.86. The largest absolute Gasteiger partial charge is 0.463 e. The zero-order chi connectivity index (χ0) is 29.2. The number of likely N-dealkylation sites (N-methyl/N-ethyl adjacent to an activating group) is 1. The molecule has 0 saturated carbocycles. The van der Waals surface area contributed by atoms with Crippen molar-refractivity contribution in [1.82, 2.24) is 19.4 Å². The predicted molar refractivity (Wildman–Crippen MR) is 140 cm³/mol. The highest BCUT2D eigenvalue weighted by Crippen LogP contribution is 2.39. The van der Waals surface area contributed by atoms with Gasteiger partial charge >= 0.3 is 18.2 Å². The Morgan fingerprint density at radius 2 is 1.73 bits per heavy atom. The monoisotopic (exact) mass is 580 g/mol. The molecule has 2 aliphatic rings. The smallest absolute Gasteiger partial charge is 0.416 e. The molecule has 2 amide bonds. The van der Waals surface area contributed by atoms with Crippen LogP contribution in [0, 0.1) is 0 Å². The molecule has 2 atom stereocenters. The number of hydrogen-bond acceptors (Lipinski definition) is 6. The summed E-state index contributed by atoms with van der Waals surface area (Å²) in [5, 5.41) is 2.53. The lowest BCUT2D eigenvalue weighted by Gasteiger charge is -2.41. The van der Waals surface area contributed by atoms with Gasteiger partial charge in [0.1, 0.15) is 0 Å². The average molecular weight is 581 g/mol. The molecule has 9 nitrogen and oxygen atoms in total. The van der Waals surface area contributed by atoms with Gasteiger partial charge in [0.25, 0.3) is 0 Å². The fraction of sp³-hybridized carbons (Fsp3) is 0.407. The van der Waals surface area contributed by atoms with Crippen LogP contribution in [0.2, 0.25) is 0 Å². The number of esters is 1. The molecule has 0 aromatic heterocycles. The third-order valence-corrected chi connectivity index (χ3v) is 9.05. The van der Waals surface area contributed by atoms with E-state index in [4.69, 9.17) is 4.74 Å². The number of carbonyl (C=O) groups is 2. The second-order valence-electron chi connectivity index (χ2n) is 9.62. The third-order valence-electron chi connectivity index (χ3n) is 7.02. The molecule has 0 bridgehead atoms. The molecule has 0 spiro atoms. The lowest BCUT2D eigenvalue weighted by atomic mass is 9.90. The van der Waals surface area contributed by atoms with E-state index in [9.17, 15) is 31.2 Å². The molecule has 0 aliphatic carbocycles. The number of nitrogens with zero attached hydrogens (tertiary/aromatic N) is 3. The Morgan fingerprint density at radius 1 is 1.07 bits per heavy atom. The summed E-state index contributed by atoms with van der Waals surface area (Å²) in [5.41, 5.74) is -1.16. The van der Waals surface area contributed by atoms with Gasteiger partial charge in [-0.1, -0.05) is 36.4 Å². The van der Waals surface area contributed by atoms with Crippen molar-refractivity contribution in [3.05, 3.63) is 77.0 Å². The summed E-state index contributed by atoms with van der Waals surface area (Å²) in [7, 11) is -2.32. The van der Waals surface area contributed by atoms with Gasteiger partial charge in [-0.25, -0.2) is 18.0 Å². The van der Waals surface area contributed by atoms with Crippen molar-refractivity contribution in [3.63, 3.8) is 0 Å². The number of nitrogens with one attached hydrogen (secondary N) is 1. The van der Waals surface area contributed by atoms with Gasteiger partial charge in [-0.3, -0.25) is 9.80 Å². The van der Waals surface area contributed by atoms with E-state index in [1.165, 1.54) is 46.6 Å². The Labute approximate surface area is 231 Å². The van der Waals surface area contributed by atoms with E-state index in [0.717, 1.165) is 6.07 Å². The first-order chi connectivity index (χ1) is 18.9. The van der Waals surface area contributed by atoms with Gasteiger partial charge < -0.3 is 10.1 Å². The van der Waals surface area contributed by atoms with Crippen LogP contribution in [-0.4, -0.2) is 80.4 Å². The van der Waals surface area contributed by atoms with Crippen molar-refractivity contribution in [1.29, 1.82) is 0 Å². The van der Waals surface area contributed by atoms with Crippen molar-refractivity contribution < 1.29 is 35.9 Å². The zero-order valence-corrected chi connectivity index (χ0v) is 23.1. The number of amides is 2. The molecule has 2 aliphatic heterocycles. The number of piperazine rings is 1. The number of benzene rings is 2. The van der Waals surface area contributed by atoms with E-state index in [2.05, 4.69) is 5.32 Å².